The molecule has 132 valence electrons. The molecule has 6 heteroatoms. The number of ketones is 2. The summed E-state index contributed by atoms with van der Waals surface area (Å²) in [6.07, 6.45) is 0. The molecule has 4 nitrogen and oxygen atoms in total. The van der Waals surface area contributed by atoms with Gasteiger partial charge in [0.05, 0.1) is 11.6 Å². The normalized spacial score (nSPS) is 20.5. The minimum Gasteiger partial charge on any atom is -0.484 e. The zero-order chi connectivity index (χ0) is 18.6. The summed E-state index contributed by atoms with van der Waals surface area (Å²) < 4.78 is 7.96. The Labute approximate surface area is 167 Å². The molecule has 1 atom stereocenters. The van der Waals surface area contributed by atoms with Gasteiger partial charge in [-0.05, 0) is 48.0 Å². The molecule has 0 radical (unpaired) electrons. The van der Waals surface area contributed by atoms with Gasteiger partial charge in [0.15, 0.2) is 0 Å². The van der Waals surface area contributed by atoms with Crippen LogP contribution in [0.15, 0.2) is 57.0 Å². The van der Waals surface area contributed by atoms with Gasteiger partial charge in [-0.2, -0.15) is 0 Å². The number of carbonyl (C=O) groups excluding carboxylic acids is 2. The van der Waals surface area contributed by atoms with Crippen LogP contribution in [0.25, 0.3) is 5.76 Å². The summed E-state index contributed by atoms with van der Waals surface area (Å²) in [5, 5.41) is 3.38. The van der Waals surface area contributed by atoms with Gasteiger partial charge in [0.2, 0.25) is 11.6 Å². The van der Waals surface area contributed by atoms with Crippen molar-refractivity contribution in [1.29, 1.82) is 0 Å². The third-order valence-electron chi connectivity index (χ3n) is 4.69. The summed E-state index contributed by atoms with van der Waals surface area (Å²) in [5.74, 6) is -0.488. The summed E-state index contributed by atoms with van der Waals surface area (Å²) in [7, 11) is 0. The summed E-state index contributed by atoms with van der Waals surface area (Å²) in [6.45, 7) is 3.83. The van der Waals surface area contributed by atoms with Gasteiger partial charge in [-0.1, -0.05) is 40.2 Å². The number of ether oxygens (including phenoxy) is 1. The van der Waals surface area contributed by atoms with Crippen LogP contribution in [0, 0.1) is 0 Å². The van der Waals surface area contributed by atoms with Crippen LogP contribution in [0.3, 0.4) is 0 Å². The van der Waals surface area contributed by atoms with E-state index in [9.17, 15) is 9.59 Å². The van der Waals surface area contributed by atoms with E-state index in [4.69, 9.17) is 4.74 Å². The number of rotatable bonds is 2. The van der Waals surface area contributed by atoms with Gasteiger partial charge in [0, 0.05) is 25.8 Å². The average molecular weight is 477 g/mol. The summed E-state index contributed by atoms with van der Waals surface area (Å²) in [5.41, 5.74) is 1.61. The molecular weight excluding hydrogens is 462 g/mol. The molecule has 2 aliphatic rings. The second-order valence-electron chi connectivity index (χ2n) is 6.85. The van der Waals surface area contributed by atoms with E-state index < -0.39 is 23.2 Å². The largest absolute Gasteiger partial charge is 0.484 e. The van der Waals surface area contributed by atoms with Gasteiger partial charge < -0.3 is 10.1 Å². The maximum Gasteiger partial charge on any atom is 0.235 e. The first-order valence-corrected chi connectivity index (χ1v) is 9.71. The van der Waals surface area contributed by atoms with E-state index in [1.165, 1.54) is 0 Å². The van der Waals surface area contributed by atoms with E-state index >= 15 is 0 Å². The molecule has 0 unspecified atom stereocenters. The van der Waals surface area contributed by atoms with Crippen LogP contribution in [-0.2, 0) is 9.53 Å². The highest BCUT2D eigenvalue weighted by molar-refractivity contribution is 9.11. The second kappa shape index (κ2) is 6.06. The van der Waals surface area contributed by atoms with E-state index in [-0.39, 0.29) is 0 Å². The molecule has 0 fully saturated rings. The Morgan fingerprint density at radius 3 is 2.38 bits per heavy atom. The molecule has 2 aromatic carbocycles. The number of Topliss-reactive ketones (excluding diaryl/α,β-unsaturated/α-hetero) is 2. The van der Waals surface area contributed by atoms with E-state index in [0.29, 0.717) is 22.5 Å². The highest BCUT2D eigenvalue weighted by Gasteiger charge is 2.50. The molecule has 26 heavy (non-hydrogen) atoms. The topological polar surface area (TPSA) is 55.4 Å². The molecule has 0 saturated carbocycles. The number of hydrogen-bond donors (Lipinski definition) is 1. The molecule has 0 bridgehead atoms. The van der Waals surface area contributed by atoms with Crippen molar-refractivity contribution in [2.24, 2.45) is 0 Å². The standard InChI is InChI=1S/C20H15Br2NO3/c1-20(2)19(23-14-8-7-10(21)9-13(14)22)15-17(25)16(24)11-5-3-4-6-12(11)18(15)26-20/h3-9,19,23H,1-2H3/t19-/m1/s1. The lowest BCUT2D eigenvalue weighted by atomic mass is 9.83. The number of fused-ring (bicyclic) bond motifs is 2. The fraction of sp³-hybridized carbons (Fsp3) is 0.200. The molecule has 0 spiro atoms. The first-order valence-electron chi connectivity index (χ1n) is 8.13. The van der Waals surface area contributed by atoms with Crippen molar-refractivity contribution in [2.45, 2.75) is 25.5 Å². The Bertz CT molecular complexity index is 994. The number of nitrogens with one attached hydrogen (secondary N) is 1. The molecule has 1 heterocycles. The van der Waals surface area contributed by atoms with Crippen molar-refractivity contribution in [1.82, 2.24) is 0 Å². The Morgan fingerprint density at radius 2 is 1.69 bits per heavy atom. The van der Waals surface area contributed by atoms with Gasteiger partial charge in [-0.3, -0.25) is 9.59 Å². The van der Waals surface area contributed by atoms with E-state index in [0.717, 1.165) is 14.6 Å². The predicted molar refractivity (Wildman–Crippen MR) is 107 cm³/mol. The first kappa shape index (κ1) is 17.5. The number of anilines is 1. The fourth-order valence-electron chi connectivity index (χ4n) is 3.42. The molecule has 1 aliphatic heterocycles. The smallest absolute Gasteiger partial charge is 0.235 e. The van der Waals surface area contributed by atoms with E-state index in [1.54, 1.807) is 12.1 Å². The summed E-state index contributed by atoms with van der Waals surface area (Å²) in [4.78, 5) is 25.4. The van der Waals surface area contributed by atoms with Crippen molar-refractivity contribution in [2.75, 3.05) is 5.32 Å². The van der Waals surface area contributed by atoms with Crippen molar-refractivity contribution < 1.29 is 14.3 Å². The Kier molecular flexibility index (Phi) is 4.08. The minimum atomic E-state index is -0.690. The van der Waals surface area contributed by atoms with Gasteiger partial charge in [-0.15, -0.1) is 0 Å². The predicted octanol–water partition coefficient (Wildman–Crippen LogP) is 4.98. The number of hydrogen-bond acceptors (Lipinski definition) is 4. The van der Waals surface area contributed by atoms with Crippen LogP contribution in [0.4, 0.5) is 5.69 Å². The SMILES string of the molecule is CC1(C)OC2=C(C(=O)C(=O)c3ccccc32)[C@H]1Nc1ccc(Br)cc1Br. The lowest BCUT2D eigenvalue weighted by Gasteiger charge is -2.29. The molecule has 1 aliphatic carbocycles. The van der Waals surface area contributed by atoms with Gasteiger partial charge in [0.1, 0.15) is 11.4 Å². The Balaban J connectivity index is 1.84. The fourth-order valence-corrected chi connectivity index (χ4v) is 4.58. The molecule has 0 amide bonds. The summed E-state index contributed by atoms with van der Waals surface area (Å²) in [6, 6.07) is 12.4. The minimum absolute atomic E-state index is 0.397. The Morgan fingerprint density at radius 1 is 1.00 bits per heavy atom. The lowest BCUT2D eigenvalue weighted by molar-refractivity contribution is -0.112. The van der Waals surface area contributed by atoms with Crippen LogP contribution in [0.5, 0.6) is 0 Å². The van der Waals surface area contributed by atoms with Crippen molar-refractivity contribution in [3.05, 3.63) is 68.1 Å². The van der Waals surface area contributed by atoms with Gasteiger partial charge >= 0.3 is 0 Å². The van der Waals surface area contributed by atoms with Crippen LogP contribution in [0.1, 0.15) is 29.8 Å². The van der Waals surface area contributed by atoms with Gasteiger partial charge in [0.25, 0.3) is 0 Å². The maximum atomic E-state index is 12.9. The number of carbonyl (C=O) groups is 2. The molecule has 4 rings (SSSR count). The van der Waals surface area contributed by atoms with Crippen molar-refractivity contribution in [3.8, 4) is 0 Å². The lowest BCUT2D eigenvalue weighted by Crippen LogP contribution is -2.43. The molecule has 0 aromatic heterocycles. The second-order valence-corrected chi connectivity index (χ2v) is 8.62. The zero-order valence-electron chi connectivity index (χ0n) is 14.1. The first-order chi connectivity index (χ1) is 12.3. The van der Waals surface area contributed by atoms with Crippen LogP contribution < -0.4 is 5.32 Å². The molecule has 1 N–H and O–H groups in total. The number of halogens is 2. The molecule has 0 saturated heterocycles. The monoisotopic (exact) mass is 475 g/mol. The van der Waals surface area contributed by atoms with Crippen molar-refractivity contribution >= 4 is 54.9 Å². The third kappa shape index (κ3) is 2.63. The highest BCUT2D eigenvalue weighted by Crippen LogP contribution is 2.45. The van der Waals surface area contributed by atoms with E-state index in [2.05, 4.69) is 37.2 Å². The quantitative estimate of drug-likeness (QED) is 0.621. The highest BCUT2D eigenvalue weighted by atomic mass is 79.9. The average Bonchev–Trinajstić information content (AvgIpc) is 2.86. The zero-order valence-corrected chi connectivity index (χ0v) is 17.3. The molecule has 2 aromatic rings. The van der Waals surface area contributed by atoms with Crippen LogP contribution in [-0.4, -0.2) is 23.2 Å². The Hall–Kier alpha value is -1.92. The molecular formula is C20H15Br2NO3. The third-order valence-corrected chi connectivity index (χ3v) is 5.84. The number of benzene rings is 2. The van der Waals surface area contributed by atoms with Crippen LogP contribution >= 0.6 is 31.9 Å². The van der Waals surface area contributed by atoms with Crippen molar-refractivity contribution in [3.63, 3.8) is 0 Å². The van der Waals surface area contributed by atoms with Gasteiger partial charge in [-0.25, -0.2) is 0 Å². The summed E-state index contributed by atoms with van der Waals surface area (Å²) >= 11 is 6.96. The maximum absolute atomic E-state index is 12.9. The van der Waals surface area contributed by atoms with E-state index in [1.807, 2.05) is 44.2 Å². The van der Waals surface area contributed by atoms with Crippen LogP contribution in [0.2, 0.25) is 0 Å².